The van der Waals surface area contributed by atoms with E-state index < -0.39 is 5.82 Å². The standard InChI is InChI=1S/C18H22FN3O3/c1-11-9-20-17(23)6-7-22(11)10-16-12(2)25-18(21-16)14-5-4-13(24-3)8-15(14)19/h4-5,8,11H,6-7,9-10H2,1-3H3,(H,20,23)/t11-/m1/s1. The number of methoxy groups -OCH3 is 1. The van der Waals surface area contributed by atoms with Gasteiger partial charge in [0.05, 0.1) is 18.4 Å². The molecule has 6 nitrogen and oxygen atoms in total. The molecular formula is C18H22FN3O3. The number of halogens is 1. The van der Waals surface area contributed by atoms with E-state index in [9.17, 15) is 9.18 Å². The number of carbonyl (C=O) groups excluding carboxylic acids is 1. The molecule has 1 N–H and O–H groups in total. The Labute approximate surface area is 146 Å². The van der Waals surface area contributed by atoms with Gasteiger partial charge in [-0.15, -0.1) is 0 Å². The molecule has 134 valence electrons. The van der Waals surface area contributed by atoms with Crippen LogP contribution in [0.25, 0.3) is 11.5 Å². The zero-order valence-electron chi connectivity index (χ0n) is 14.6. The monoisotopic (exact) mass is 347 g/mol. The highest BCUT2D eigenvalue weighted by atomic mass is 19.1. The zero-order valence-corrected chi connectivity index (χ0v) is 14.6. The van der Waals surface area contributed by atoms with Crippen LogP contribution in [-0.4, -0.2) is 42.0 Å². The van der Waals surface area contributed by atoms with Gasteiger partial charge in [-0.3, -0.25) is 9.69 Å². The summed E-state index contributed by atoms with van der Waals surface area (Å²) in [6.07, 6.45) is 0.460. The average molecular weight is 347 g/mol. The normalized spacial score (nSPS) is 18.7. The van der Waals surface area contributed by atoms with Crippen LogP contribution in [0, 0.1) is 12.7 Å². The second-order valence-corrected chi connectivity index (χ2v) is 6.24. The molecule has 0 bridgehead atoms. The van der Waals surface area contributed by atoms with Crippen molar-refractivity contribution in [1.82, 2.24) is 15.2 Å². The lowest BCUT2D eigenvalue weighted by Gasteiger charge is -2.25. The lowest BCUT2D eigenvalue weighted by molar-refractivity contribution is -0.120. The Morgan fingerprint density at radius 2 is 2.28 bits per heavy atom. The minimum atomic E-state index is -0.440. The number of amides is 1. The number of rotatable bonds is 4. The molecule has 1 aromatic heterocycles. The molecule has 3 rings (SSSR count). The molecule has 0 aliphatic carbocycles. The van der Waals surface area contributed by atoms with Crippen LogP contribution in [0.1, 0.15) is 24.8 Å². The van der Waals surface area contributed by atoms with Crippen LogP contribution in [0.4, 0.5) is 4.39 Å². The predicted octanol–water partition coefficient (Wildman–Crippen LogP) is 2.51. The number of nitrogens with zero attached hydrogens (tertiary/aromatic N) is 2. The Morgan fingerprint density at radius 3 is 3.00 bits per heavy atom. The van der Waals surface area contributed by atoms with Gasteiger partial charge in [-0.05, 0) is 26.0 Å². The molecule has 0 spiro atoms. The molecule has 2 aromatic rings. The van der Waals surface area contributed by atoms with Crippen molar-refractivity contribution in [3.05, 3.63) is 35.5 Å². The maximum atomic E-state index is 14.2. The van der Waals surface area contributed by atoms with Gasteiger partial charge < -0.3 is 14.5 Å². The maximum absolute atomic E-state index is 14.2. The third-order valence-electron chi connectivity index (χ3n) is 4.50. The van der Waals surface area contributed by atoms with Crippen LogP contribution >= 0.6 is 0 Å². The van der Waals surface area contributed by atoms with Gasteiger partial charge in [0.1, 0.15) is 17.3 Å². The van der Waals surface area contributed by atoms with Crippen molar-refractivity contribution in [2.75, 3.05) is 20.2 Å². The van der Waals surface area contributed by atoms with E-state index in [2.05, 4.69) is 22.1 Å². The molecule has 0 saturated carbocycles. The lowest BCUT2D eigenvalue weighted by atomic mass is 10.2. The molecule has 1 aliphatic rings. The Bertz CT molecular complexity index is 775. The van der Waals surface area contributed by atoms with Crippen LogP contribution in [-0.2, 0) is 11.3 Å². The van der Waals surface area contributed by atoms with E-state index in [4.69, 9.17) is 9.15 Å². The third-order valence-corrected chi connectivity index (χ3v) is 4.50. The van der Waals surface area contributed by atoms with Crippen LogP contribution in [0.15, 0.2) is 22.6 Å². The molecule has 7 heteroatoms. The quantitative estimate of drug-likeness (QED) is 0.920. The summed E-state index contributed by atoms with van der Waals surface area (Å²) >= 11 is 0. The van der Waals surface area contributed by atoms with Crippen LogP contribution < -0.4 is 10.1 Å². The number of aryl methyl sites for hydroxylation is 1. The highest BCUT2D eigenvalue weighted by molar-refractivity contribution is 5.76. The summed E-state index contributed by atoms with van der Waals surface area (Å²) in [5.41, 5.74) is 1.06. The first-order chi connectivity index (χ1) is 12.0. The number of ether oxygens (including phenoxy) is 1. The van der Waals surface area contributed by atoms with Gasteiger partial charge in [-0.1, -0.05) is 0 Å². The molecule has 0 unspecified atom stereocenters. The minimum Gasteiger partial charge on any atom is -0.497 e. The van der Waals surface area contributed by atoms with E-state index in [1.165, 1.54) is 13.2 Å². The SMILES string of the molecule is COc1ccc(-c2nc(CN3CCC(=O)NC[C@H]3C)c(C)o2)c(F)c1. The Hall–Kier alpha value is -2.41. The van der Waals surface area contributed by atoms with Crippen molar-refractivity contribution in [2.45, 2.75) is 32.9 Å². The summed E-state index contributed by atoms with van der Waals surface area (Å²) in [6.45, 7) is 5.70. The smallest absolute Gasteiger partial charge is 0.229 e. The van der Waals surface area contributed by atoms with E-state index in [1.54, 1.807) is 12.1 Å². The number of hydrogen-bond donors (Lipinski definition) is 1. The fraction of sp³-hybridized carbons (Fsp3) is 0.444. The van der Waals surface area contributed by atoms with Gasteiger partial charge in [-0.25, -0.2) is 9.37 Å². The fourth-order valence-electron chi connectivity index (χ4n) is 2.86. The maximum Gasteiger partial charge on any atom is 0.229 e. The van der Waals surface area contributed by atoms with Gasteiger partial charge in [-0.2, -0.15) is 0 Å². The molecule has 2 heterocycles. The van der Waals surface area contributed by atoms with E-state index in [-0.39, 0.29) is 17.8 Å². The van der Waals surface area contributed by atoms with E-state index in [1.807, 2.05) is 6.92 Å². The second kappa shape index (κ2) is 7.23. The molecular weight excluding hydrogens is 325 g/mol. The fourth-order valence-corrected chi connectivity index (χ4v) is 2.86. The summed E-state index contributed by atoms with van der Waals surface area (Å²) in [4.78, 5) is 18.2. The van der Waals surface area contributed by atoms with E-state index in [0.29, 0.717) is 43.1 Å². The van der Waals surface area contributed by atoms with Crippen LogP contribution in [0.2, 0.25) is 0 Å². The van der Waals surface area contributed by atoms with Gasteiger partial charge in [0.25, 0.3) is 0 Å². The first-order valence-electron chi connectivity index (χ1n) is 8.29. The largest absolute Gasteiger partial charge is 0.497 e. The topological polar surface area (TPSA) is 67.6 Å². The Kier molecular flexibility index (Phi) is 5.03. The number of hydrogen-bond acceptors (Lipinski definition) is 5. The molecule has 1 aliphatic heterocycles. The molecule has 25 heavy (non-hydrogen) atoms. The number of oxazole rings is 1. The van der Waals surface area contributed by atoms with Crippen LogP contribution in [0.3, 0.4) is 0 Å². The van der Waals surface area contributed by atoms with Gasteiger partial charge in [0.15, 0.2) is 0 Å². The van der Waals surface area contributed by atoms with Gasteiger partial charge in [0.2, 0.25) is 11.8 Å². The predicted molar refractivity (Wildman–Crippen MR) is 90.7 cm³/mol. The molecule has 1 saturated heterocycles. The number of aromatic nitrogens is 1. The summed E-state index contributed by atoms with van der Waals surface area (Å²) in [5.74, 6) is 0.975. The Balaban J connectivity index is 1.82. The molecule has 1 aromatic carbocycles. The van der Waals surface area contributed by atoms with Crippen molar-refractivity contribution in [1.29, 1.82) is 0 Å². The third kappa shape index (κ3) is 3.82. The first kappa shape index (κ1) is 17.4. The number of carbonyl (C=O) groups is 1. The highest BCUT2D eigenvalue weighted by Crippen LogP contribution is 2.28. The van der Waals surface area contributed by atoms with E-state index in [0.717, 1.165) is 5.69 Å². The van der Waals surface area contributed by atoms with Crippen LogP contribution in [0.5, 0.6) is 5.75 Å². The molecule has 0 radical (unpaired) electrons. The average Bonchev–Trinajstić information content (AvgIpc) is 2.87. The Morgan fingerprint density at radius 1 is 1.48 bits per heavy atom. The van der Waals surface area contributed by atoms with Crippen molar-refractivity contribution in [2.24, 2.45) is 0 Å². The summed E-state index contributed by atoms with van der Waals surface area (Å²) in [6, 6.07) is 4.78. The van der Waals surface area contributed by atoms with Crippen molar-refractivity contribution in [3.8, 4) is 17.2 Å². The summed E-state index contributed by atoms with van der Waals surface area (Å²) in [5, 5.41) is 2.89. The minimum absolute atomic E-state index is 0.0622. The molecule has 1 amide bonds. The zero-order chi connectivity index (χ0) is 18.0. The number of nitrogens with one attached hydrogen (secondary N) is 1. The summed E-state index contributed by atoms with van der Waals surface area (Å²) < 4.78 is 24.9. The van der Waals surface area contributed by atoms with Gasteiger partial charge >= 0.3 is 0 Å². The first-order valence-corrected chi connectivity index (χ1v) is 8.29. The van der Waals surface area contributed by atoms with Crippen molar-refractivity contribution >= 4 is 5.91 Å². The molecule has 1 atom stereocenters. The molecule has 1 fully saturated rings. The van der Waals surface area contributed by atoms with Crippen molar-refractivity contribution in [3.63, 3.8) is 0 Å². The number of benzene rings is 1. The highest BCUT2D eigenvalue weighted by Gasteiger charge is 2.23. The van der Waals surface area contributed by atoms with Crippen molar-refractivity contribution < 1.29 is 18.3 Å². The lowest BCUT2D eigenvalue weighted by Crippen LogP contribution is -2.37. The van der Waals surface area contributed by atoms with Gasteiger partial charge in [0, 0.05) is 38.2 Å². The summed E-state index contributed by atoms with van der Waals surface area (Å²) in [7, 11) is 1.49. The second-order valence-electron chi connectivity index (χ2n) is 6.24. The van der Waals surface area contributed by atoms with E-state index >= 15 is 0 Å².